The molecule has 0 bridgehead atoms. The molecule has 2 atom stereocenters. The summed E-state index contributed by atoms with van der Waals surface area (Å²) < 4.78 is 0. The molecule has 0 heterocycles. The average molecular weight is 310 g/mol. The maximum atomic E-state index is 8.39. The quantitative estimate of drug-likeness (QED) is 0.430. The van der Waals surface area contributed by atoms with Gasteiger partial charge in [0.15, 0.2) is 0 Å². The van der Waals surface area contributed by atoms with Crippen LogP contribution in [0.25, 0.3) is 0 Å². The molecule has 0 radical (unpaired) electrons. The topological polar surface area (TPSA) is 90.8 Å². The van der Waals surface area contributed by atoms with Crippen LogP contribution in [-0.2, 0) is 9.78 Å². The van der Waals surface area contributed by atoms with Gasteiger partial charge >= 0.3 is 0 Å². The summed E-state index contributed by atoms with van der Waals surface area (Å²) in [5.41, 5.74) is -0.430. The fourth-order valence-corrected chi connectivity index (χ4v) is 0.692. The molecule has 126 valence electrons. The van der Waals surface area contributed by atoms with Crippen LogP contribution in [0.15, 0.2) is 10.2 Å². The second-order valence-electron chi connectivity index (χ2n) is 7.10. The van der Waals surface area contributed by atoms with Crippen LogP contribution in [-0.4, -0.2) is 24.3 Å². The standard InChI is InChI=1S/C8H12N4.C8H18O2/c1-7(3-9)5-11-12-6-8(2)4-10;1-7(2,3)9-10-8(4,5)6/h7-8H,5-6H2,1-2H3;1-6H3. The van der Waals surface area contributed by atoms with E-state index in [1.54, 1.807) is 13.8 Å². The van der Waals surface area contributed by atoms with Gasteiger partial charge in [-0.15, -0.1) is 0 Å². The van der Waals surface area contributed by atoms with Gasteiger partial charge in [0.2, 0.25) is 0 Å². The first-order valence-corrected chi connectivity index (χ1v) is 7.40. The largest absolute Gasteiger partial charge is 0.230 e. The molecule has 0 aromatic rings. The zero-order chi connectivity index (χ0) is 17.8. The summed E-state index contributed by atoms with van der Waals surface area (Å²) in [6.45, 7) is 16.2. The molecule has 0 aromatic heterocycles. The van der Waals surface area contributed by atoms with Crippen molar-refractivity contribution < 1.29 is 9.78 Å². The second kappa shape index (κ2) is 11.1. The normalized spacial score (nSPS) is 14.5. The molecule has 0 fully saturated rings. The Kier molecular flexibility index (Phi) is 11.5. The van der Waals surface area contributed by atoms with Gasteiger partial charge in [-0.25, -0.2) is 9.78 Å². The van der Waals surface area contributed by atoms with E-state index in [1.807, 2.05) is 53.7 Å². The van der Waals surface area contributed by atoms with Crippen molar-refractivity contribution in [2.45, 2.75) is 66.6 Å². The van der Waals surface area contributed by atoms with E-state index < -0.39 is 0 Å². The molecular weight excluding hydrogens is 280 g/mol. The SMILES string of the molecule is CC(C#N)CN=NCC(C)C#N.CC(C)(C)OOC(C)(C)C. The highest BCUT2D eigenvalue weighted by Crippen LogP contribution is 2.14. The second-order valence-corrected chi connectivity index (χ2v) is 7.10. The monoisotopic (exact) mass is 310 g/mol. The Morgan fingerprint density at radius 2 is 1.05 bits per heavy atom. The predicted molar refractivity (Wildman–Crippen MR) is 85.8 cm³/mol. The van der Waals surface area contributed by atoms with E-state index in [0.29, 0.717) is 13.1 Å². The van der Waals surface area contributed by atoms with Crippen molar-refractivity contribution in [3.05, 3.63) is 0 Å². The van der Waals surface area contributed by atoms with Gasteiger partial charge in [-0.3, -0.25) is 0 Å². The Labute approximate surface area is 135 Å². The van der Waals surface area contributed by atoms with Gasteiger partial charge in [0.25, 0.3) is 0 Å². The van der Waals surface area contributed by atoms with Gasteiger partial charge in [0, 0.05) is 0 Å². The van der Waals surface area contributed by atoms with E-state index >= 15 is 0 Å². The summed E-state index contributed by atoms with van der Waals surface area (Å²) in [4.78, 5) is 10.2. The van der Waals surface area contributed by atoms with E-state index in [4.69, 9.17) is 20.3 Å². The minimum Gasteiger partial charge on any atom is -0.230 e. The summed E-state index contributed by atoms with van der Waals surface area (Å²) in [6, 6.07) is 4.10. The highest BCUT2D eigenvalue weighted by molar-refractivity contribution is 4.81. The highest BCUT2D eigenvalue weighted by atomic mass is 17.2. The van der Waals surface area contributed by atoms with Crippen LogP contribution < -0.4 is 0 Å². The van der Waals surface area contributed by atoms with Gasteiger partial charge in [-0.05, 0) is 55.4 Å². The molecule has 0 rings (SSSR count). The maximum Gasteiger partial charge on any atom is 0.0952 e. The van der Waals surface area contributed by atoms with Crippen molar-refractivity contribution in [3.63, 3.8) is 0 Å². The summed E-state index contributed by atoms with van der Waals surface area (Å²) in [7, 11) is 0. The number of nitriles is 2. The van der Waals surface area contributed by atoms with Gasteiger partial charge in [0.05, 0.1) is 48.3 Å². The zero-order valence-electron chi connectivity index (χ0n) is 15.2. The van der Waals surface area contributed by atoms with E-state index in [1.165, 1.54) is 0 Å². The van der Waals surface area contributed by atoms with Crippen molar-refractivity contribution in [1.29, 1.82) is 10.5 Å². The van der Waals surface area contributed by atoms with Crippen molar-refractivity contribution in [3.8, 4) is 12.1 Å². The Morgan fingerprint density at radius 1 is 0.773 bits per heavy atom. The van der Waals surface area contributed by atoms with Crippen LogP contribution in [0.5, 0.6) is 0 Å². The summed E-state index contributed by atoms with van der Waals surface area (Å²) in [5.74, 6) is -0.183. The molecule has 0 aliphatic carbocycles. The van der Waals surface area contributed by atoms with E-state index in [0.717, 1.165) is 0 Å². The van der Waals surface area contributed by atoms with Crippen LogP contribution in [0.1, 0.15) is 55.4 Å². The molecule has 6 nitrogen and oxygen atoms in total. The molecule has 0 saturated heterocycles. The highest BCUT2D eigenvalue weighted by Gasteiger charge is 2.18. The average Bonchev–Trinajstić information content (AvgIpc) is 2.40. The van der Waals surface area contributed by atoms with Crippen molar-refractivity contribution >= 4 is 0 Å². The van der Waals surface area contributed by atoms with Crippen LogP contribution in [0.2, 0.25) is 0 Å². The van der Waals surface area contributed by atoms with E-state index in [2.05, 4.69) is 10.2 Å². The molecule has 22 heavy (non-hydrogen) atoms. The van der Waals surface area contributed by atoms with Gasteiger partial charge in [0.1, 0.15) is 0 Å². The van der Waals surface area contributed by atoms with Crippen LogP contribution in [0, 0.1) is 34.5 Å². The summed E-state index contributed by atoms with van der Waals surface area (Å²) in [5, 5.41) is 24.3. The number of hydrogen-bond donors (Lipinski definition) is 0. The molecule has 0 N–H and O–H groups in total. The molecular formula is C16H30N4O2. The van der Waals surface area contributed by atoms with Crippen LogP contribution >= 0.6 is 0 Å². The Hall–Kier alpha value is -1.50. The molecule has 0 saturated carbocycles. The number of nitrogens with zero attached hydrogens (tertiary/aromatic N) is 4. The molecule has 0 aliphatic heterocycles. The molecule has 6 heteroatoms. The van der Waals surface area contributed by atoms with Gasteiger partial charge < -0.3 is 0 Å². The van der Waals surface area contributed by atoms with Gasteiger partial charge in [-0.2, -0.15) is 20.8 Å². The Bertz CT molecular complexity index is 356. The fraction of sp³-hybridized carbons (Fsp3) is 0.875. The Balaban J connectivity index is 0. The molecule has 2 unspecified atom stereocenters. The minimum atomic E-state index is -0.215. The van der Waals surface area contributed by atoms with Crippen molar-refractivity contribution in [2.24, 2.45) is 22.1 Å². The number of rotatable bonds is 5. The third-order valence-corrected chi connectivity index (χ3v) is 1.79. The predicted octanol–water partition coefficient (Wildman–Crippen LogP) is 4.29. The third-order valence-electron chi connectivity index (χ3n) is 1.79. The number of azo groups is 1. The minimum absolute atomic E-state index is 0.0915. The molecule has 0 aliphatic rings. The fourth-order valence-electron chi connectivity index (χ4n) is 0.692. The Morgan fingerprint density at radius 3 is 1.23 bits per heavy atom. The van der Waals surface area contributed by atoms with E-state index in [-0.39, 0.29) is 23.0 Å². The first-order chi connectivity index (χ1) is 9.91. The lowest BCUT2D eigenvalue weighted by Crippen LogP contribution is -2.27. The smallest absolute Gasteiger partial charge is 0.0952 e. The summed E-state index contributed by atoms with van der Waals surface area (Å²) in [6.07, 6.45) is 0. The summed E-state index contributed by atoms with van der Waals surface area (Å²) >= 11 is 0. The zero-order valence-corrected chi connectivity index (χ0v) is 15.2. The lowest BCUT2D eigenvalue weighted by molar-refractivity contribution is -0.393. The first kappa shape index (κ1) is 22.8. The number of hydrogen-bond acceptors (Lipinski definition) is 6. The molecule has 0 aromatic carbocycles. The van der Waals surface area contributed by atoms with Crippen LogP contribution in [0.3, 0.4) is 0 Å². The molecule has 0 amide bonds. The third kappa shape index (κ3) is 20.8. The first-order valence-electron chi connectivity index (χ1n) is 7.40. The maximum absolute atomic E-state index is 8.39. The lowest BCUT2D eigenvalue weighted by atomic mass is 10.2. The lowest BCUT2D eigenvalue weighted by Gasteiger charge is -2.24. The van der Waals surface area contributed by atoms with Gasteiger partial charge in [-0.1, -0.05) is 0 Å². The molecule has 0 spiro atoms. The van der Waals surface area contributed by atoms with E-state index in [9.17, 15) is 0 Å². The van der Waals surface area contributed by atoms with Crippen LogP contribution in [0.4, 0.5) is 0 Å². The van der Waals surface area contributed by atoms with Crippen molar-refractivity contribution in [1.82, 2.24) is 0 Å². The van der Waals surface area contributed by atoms with Crippen molar-refractivity contribution in [2.75, 3.05) is 13.1 Å².